The van der Waals surface area contributed by atoms with E-state index in [0.717, 1.165) is 24.5 Å². The summed E-state index contributed by atoms with van der Waals surface area (Å²) in [5.74, 6) is 1.40. The highest BCUT2D eigenvalue weighted by atomic mass is 79.9. The quantitative estimate of drug-likeness (QED) is 0.492. The van der Waals surface area contributed by atoms with Crippen molar-refractivity contribution in [1.29, 1.82) is 0 Å². The molecular weight excluding hydrogens is 252 g/mol. The van der Waals surface area contributed by atoms with Gasteiger partial charge in [0, 0.05) is 11.9 Å². The second kappa shape index (κ2) is 7.67. The lowest BCUT2D eigenvalue weighted by Gasteiger charge is -2.28. The Morgan fingerprint density at radius 3 is 2.20 bits per heavy atom. The second-order valence-electron chi connectivity index (χ2n) is 5.83. The van der Waals surface area contributed by atoms with Crippen LogP contribution in [-0.4, -0.2) is 18.5 Å². The average Bonchev–Trinajstić information content (AvgIpc) is 2.08. The van der Waals surface area contributed by atoms with Gasteiger partial charge in [-0.3, -0.25) is 0 Å². The molecule has 0 aliphatic heterocycles. The Balaban J connectivity index is 3.56. The van der Waals surface area contributed by atoms with Crippen molar-refractivity contribution in [1.82, 2.24) is 0 Å². The van der Waals surface area contributed by atoms with Crippen molar-refractivity contribution < 1.29 is 4.74 Å². The molecule has 1 unspecified atom stereocenters. The molecule has 0 bridgehead atoms. The molecule has 15 heavy (non-hydrogen) atoms. The van der Waals surface area contributed by atoms with Crippen LogP contribution in [0.1, 0.15) is 47.5 Å². The van der Waals surface area contributed by atoms with Gasteiger partial charge >= 0.3 is 0 Å². The van der Waals surface area contributed by atoms with Crippen LogP contribution in [0.4, 0.5) is 0 Å². The predicted octanol–water partition coefficient (Wildman–Crippen LogP) is 4.50. The number of hydrogen-bond donors (Lipinski definition) is 0. The van der Waals surface area contributed by atoms with E-state index in [-0.39, 0.29) is 0 Å². The van der Waals surface area contributed by atoms with E-state index in [1.54, 1.807) is 0 Å². The zero-order valence-electron chi connectivity index (χ0n) is 11.0. The maximum Gasteiger partial charge on any atom is 0.0507 e. The van der Waals surface area contributed by atoms with Gasteiger partial charge in [-0.1, -0.05) is 50.5 Å². The van der Waals surface area contributed by atoms with Gasteiger partial charge in [0.05, 0.1) is 6.61 Å². The Labute approximate surface area is 104 Å². The summed E-state index contributed by atoms with van der Waals surface area (Å²) >= 11 is 3.56. The second-order valence-corrected chi connectivity index (χ2v) is 6.48. The van der Waals surface area contributed by atoms with Crippen LogP contribution in [0.25, 0.3) is 0 Å². The van der Waals surface area contributed by atoms with E-state index in [2.05, 4.69) is 50.5 Å². The first-order valence-corrected chi connectivity index (χ1v) is 7.13. The molecule has 0 radical (unpaired) electrons. The van der Waals surface area contributed by atoms with Crippen molar-refractivity contribution in [3.05, 3.63) is 0 Å². The Bertz CT molecular complexity index is 149. The molecule has 0 saturated carbocycles. The fraction of sp³-hybridized carbons (Fsp3) is 1.00. The maximum atomic E-state index is 5.73. The predicted molar refractivity (Wildman–Crippen MR) is 71.6 cm³/mol. The summed E-state index contributed by atoms with van der Waals surface area (Å²) in [6.45, 7) is 13.1. The molecule has 1 atom stereocenters. The van der Waals surface area contributed by atoms with E-state index in [1.807, 2.05) is 0 Å². The molecule has 0 N–H and O–H groups in total. The SMILES string of the molecule is CC(C)CCCOCC(CBr)C(C)(C)C. The lowest BCUT2D eigenvalue weighted by atomic mass is 9.83. The first-order valence-electron chi connectivity index (χ1n) is 6.01. The molecule has 2 heteroatoms. The van der Waals surface area contributed by atoms with Crippen molar-refractivity contribution >= 4 is 15.9 Å². The Hall–Kier alpha value is 0.440. The number of hydrogen-bond acceptors (Lipinski definition) is 1. The van der Waals surface area contributed by atoms with E-state index in [1.165, 1.54) is 12.8 Å². The minimum atomic E-state index is 0.335. The van der Waals surface area contributed by atoms with Crippen LogP contribution in [0.5, 0.6) is 0 Å². The van der Waals surface area contributed by atoms with E-state index in [9.17, 15) is 0 Å². The topological polar surface area (TPSA) is 9.23 Å². The molecule has 92 valence electrons. The summed E-state index contributed by atoms with van der Waals surface area (Å²) in [5.41, 5.74) is 0.335. The molecule has 0 aromatic rings. The zero-order valence-corrected chi connectivity index (χ0v) is 12.6. The molecule has 0 spiro atoms. The summed E-state index contributed by atoms with van der Waals surface area (Å²) in [7, 11) is 0. The summed E-state index contributed by atoms with van der Waals surface area (Å²) in [6.07, 6.45) is 2.46. The smallest absolute Gasteiger partial charge is 0.0507 e. The molecule has 1 nitrogen and oxygen atoms in total. The molecular formula is C13H27BrO. The third-order valence-corrected chi connectivity index (χ3v) is 3.58. The fourth-order valence-corrected chi connectivity index (χ4v) is 2.50. The molecule has 0 aromatic carbocycles. The van der Waals surface area contributed by atoms with Crippen LogP contribution >= 0.6 is 15.9 Å². The van der Waals surface area contributed by atoms with Crippen molar-refractivity contribution in [2.75, 3.05) is 18.5 Å². The Morgan fingerprint density at radius 1 is 1.20 bits per heavy atom. The molecule has 0 amide bonds. The van der Waals surface area contributed by atoms with Gasteiger partial charge in [0.25, 0.3) is 0 Å². The van der Waals surface area contributed by atoms with Gasteiger partial charge in [-0.05, 0) is 30.1 Å². The van der Waals surface area contributed by atoms with Gasteiger partial charge in [0.1, 0.15) is 0 Å². The zero-order chi connectivity index (χ0) is 11.9. The highest BCUT2D eigenvalue weighted by Gasteiger charge is 2.23. The number of alkyl halides is 1. The van der Waals surface area contributed by atoms with Crippen LogP contribution < -0.4 is 0 Å². The molecule has 0 aromatic heterocycles. The standard InChI is InChI=1S/C13H27BrO/c1-11(2)7-6-8-15-10-12(9-14)13(3,4)5/h11-12H,6-10H2,1-5H3. The Kier molecular flexibility index (Phi) is 7.90. The molecule has 0 aliphatic rings. The van der Waals surface area contributed by atoms with E-state index in [0.29, 0.717) is 11.3 Å². The van der Waals surface area contributed by atoms with E-state index in [4.69, 9.17) is 4.74 Å². The van der Waals surface area contributed by atoms with E-state index < -0.39 is 0 Å². The number of halogens is 1. The van der Waals surface area contributed by atoms with Crippen LogP contribution in [0.2, 0.25) is 0 Å². The lowest BCUT2D eigenvalue weighted by Crippen LogP contribution is -2.26. The van der Waals surface area contributed by atoms with Gasteiger partial charge in [0.15, 0.2) is 0 Å². The third kappa shape index (κ3) is 8.27. The Morgan fingerprint density at radius 2 is 1.80 bits per heavy atom. The highest BCUT2D eigenvalue weighted by Crippen LogP contribution is 2.27. The van der Waals surface area contributed by atoms with E-state index >= 15 is 0 Å². The summed E-state index contributed by atoms with van der Waals surface area (Å²) in [6, 6.07) is 0. The fourth-order valence-electron chi connectivity index (χ4n) is 1.35. The van der Waals surface area contributed by atoms with Gasteiger partial charge in [-0.2, -0.15) is 0 Å². The number of ether oxygens (including phenoxy) is 1. The molecule has 0 heterocycles. The van der Waals surface area contributed by atoms with Gasteiger partial charge in [-0.15, -0.1) is 0 Å². The molecule has 0 aliphatic carbocycles. The van der Waals surface area contributed by atoms with Crippen molar-refractivity contribution in [3.63, 3.8) is 0 Å². The molecule has 0 fully saturated rings. The monoisotopic (exact) mass is 278 g/mol. The average molecular weight is 279 g/mol. The van der Waals surface area contributed by atoms with Gasteiger partial charge in [0.2, 0.25) is 0 Å². The van der Waals surface area contributed by atoms with Crippen LogP contribution in [-0.2, 0) is 4.74 Å². The van der Waals surface area contributed by atoms with Gasteiger partial charge < -0.3 is 4.74 Å². The number of rotatable bonds is 7. The maximum absolute atomic E-state index is 5.73. The third-order valence-electron chi connectivity index (χ3n) is 2.80. The van der Waals surface area contributed by atoms with Crippen molar-refractivity contribution in [2.24, 2.45) is 17.3 Å². The minimum Gasteiger partial charge on any atom is -0.381 e. The van der Waals surface area contributed by atoms with Crippen LogP contribution in [0, 0.1) is 17.3 Å². The van der Waals surface area contributed by atoms with Crippen LogP contribution in [0.3, 0.4) is 0 Å². The first-order chi connectivity index (χ1) is 6.88. The van der Waals surface area contributed by atoms with Crippen molar-refractivity contribution in [2.45, 2.75) is 47.5 Å². The summed E-state index contributed by atoms with van der Waals surface area (Å²) in [4.78, 5) is 0. The minimum absolute atomic E-state index is 0.335. The summed E-state index contributed by atoms with van der Waals surface area (Å²) < 4.78 is 5.73. The molecule has 0 rings (SSSR count). The largest absolute Gasteiger partial charge is 0.381 e. The van der Waals surface area contributed by atoms with Gasteiger partial charge in [-0.25, -0.2) is 0 Å². The van der Waals surface area contributed by atoms with Crippen LogP contribution in [0.15, 0.2) is 0 Å². The molecule has 0 saturated heterocycles. The van der Waals surface area contributed by atoms with Crippen molar-refractivity contribution in [3.8, 4) is 0 Å². The highest BCUT2D eigenvalue weighted by molar-refractivity contribution is 9.09. The summed E-state index contributed by atoms with van der Waals surface area (Å²) in [5, 5.41) is 1.03. The normalized spacial score (nSPS) is 14.6. The first kappa shape index (κ1) is 15.4. The lowest BCUT2D eigenvalue weighted by molar-refractivity contribution is 0.0634.